The molecule has 1 atom stereocenters. The number of allylic oxidation sites excluding steroid dienone is 1. The fourth-order valence-electron chi connectivity index (χ4n) is 6.30. The van der Waals surface area contributed by atoms with Crippen LogP contribution in [0.5, 0.6) is 0 Å². The van der Waals surface area contributed by atoms with Crippen molar-refractivity contribution in [3.63, 3.8) is 0 Å². The topological polar surface area (TPSA) is 80.5 Å². The van der Waals surface area contributed by atoms with Crippen LogP contribution in [0, 0.1) is 9.65 Å². The molecular formula is C39H34FIN4O4. The molecule has 49 heavy (non-hydrogen) atoms. The maximum atomic E-state index is 14.3. The second-order valence-electron chi connectivity index (χ2n) is 11.5. The molecule has 1 aliphatic heterocycles. The van der Waals surface area contributed by atoms with Crippen molar-refractivity contribution in [1.29, 1.82) is 0 Å². The molecule has 248 valence electrons. The Bertz CT molecular complexity index is 1930. The van der Waals surface area contributed by atoms with Gasteiger partial charge in [-0.1, -0.05) is 109 Å². The lowest BCUT2D eigenvalue weighted by Crippen LogP contribution is -2.33. The number of nitrogens with zero attached hydrogens (tertiary/aromatic N) is 4. The summed E-state index contributed by atoms with van der Waals surface area (Å²) in [6.45, 7) is 1.77. The van der Waals surface area contributed by atoms with E-state index in [1.165, 1.54) is 6.20 Å². The zero-order valence-corrected chi connectivity index (χ0v) is 28.8. The van der Waals surface area contributed by atoms with Crippen molar-refractivity contribution in [3.05, 3.63) is 171 Å². The van der Waals surface area contributed by atoms with E-state index < -0.39 is 17.6 Å². The van der Waals surface area contributed by atoms with Crippen molar-refractivity contribution in [1.82, 2.24) is 19.5 Å². The van der Waals surface area contributed by atoms with Gasteiger partial charge in [0, 0.05) is 16.7 Å². The number of aromatic nitrogens is 4. The minimum absolute atomic E-state index is 0.120. The highest BCUT2D eigenvalue weighted by Gasteiger charge is 2.37. The van der Waals surface area contributed by atoms with Crippen LogP contribution in [-0.2, 0) is 31.1 Å². The van der Waals surface area contributed by atoms with Crippen LogP contribution < -0.4 is 0 Å². The van der Waals surface area contributed by atoms with Crippen molar-refractivity contribution in [2.24, 2.45) is 0 Å². The molecule has 0 saturated heterocycles. The number of ether oxygens (including phenoxy) is 4. The van der Waals surface area contributed by atoms with Crippen molar-refractivity contribution < 1.29 is 23.3 Å². The van der Waals surface area contributed by atoms with E-state index in [1.807, 2.05) is 83.4 Å². The summed E-state index contributed by atoms with van der Waals surface area (Å²) in [5.74, 6) is 0.857. The predicted molar refractivity (Wildman–Crippen MR) is 192 cm³/mol. The molecule has 0 fully saturated rings. The molecule has 2 aromatic heterocycles. The summed E-state index contributed by atoms with van der Waals surface area (Å²) in [6, 6.07) is 39.0. The molecule has 4 aromatic carbocycles. The molecule has 0 N–H and O–H groups in total. The molecule has 1 unspecified atom stereocenters. The lowest BCUT2D eigenvalue weighted by Gasteiger charge is -2.36. The molecule has 3 heterocycles. The van der Waals surface area contributed by atoms with Crippen molar-refractivity contribution >= 4 is 33.8 Å². The van der Waals surface area contributed by atoms with Gasteiger partial charge < -0.3 is 23.5 Å². The highest BCUT2D eigenvalue weighted by molar-refractivity contribution is 14.1. The number of hydrogen-bond donors (Lipinski definition) is 0. The van der Waals surface area contributed by atoms with Gasteiger partial charge in [-0.15, -0.1) is 0 Å². The molecule has 0 bridgehead atoms. The summed E-state index contributed by atoms with van der Waals surface area (Å²) in [4.78, 5) is 12.7. The summed E-state index contributed by atoms with van der Waals surface area (Å²) in [6.07, 6.45) is 2.86. The van der Waals surface area contributed by atoms with Crippen LogP contribution in [0.25, 0.3) is 11.2 Å². The van der Waals surface area contributed by atoms with E-state index in [9.17, 15) is 4.39 Å². The first kappa shape index (κ1) is 32.9. The molecule has 10 heteroatoms. The zero-order valence-electron chi connectivity index (χ0n) is 26.6. The number of rotatable bonds is 14. The molecule has 0 radical (unpaired) electrons. The number of imidazole rings is 1. The summed E-state index contributed by atoms with van der Waals surface area (Å²) >= 11 is 2.30. The number of hydrogen-bond acceptors (Lipinski definition) is 7. The van der Waals surface area contributed by atoms with Crippen molar-refractivity contribution in [3.8, 4) is 0 Å². The van der Waals surface area contributed by atoms with E-state index in [0.29, 0.717) is 55.5 Å². The van der Waals surface area contributed by atoms with Crippen LogP contribution in [0.15, 0.2) is 133 Å². The van der Waals surface area contributed by atoms with Crippen LogP contribution in [0.2, 0.25) is 0 Å². The van der Waals surface area contributed by atoms with Gasteiger partial charge in [0.2, 0.25) is 6.79 Å². The number of benzene rings is 4. The van der Waals surface area contributed by atoms with E-state index in [1.54, 1.807) is 6.26 Å². The largest absolute Gasteiger partial charge is 0.462 e. The normalized spacial score (nSPS) is 13.6. The van der Waals surface area contributed by atoms with Gasteiger partial charge in [0.15, 0.2) is 5.65 Å². The van der Waals surface area contributed by atoms with E-state index in [0.717, 1.165) is 25.8 Å². The third-order valence-corrected chi connectivity index (χ3v) is 9.47. The average molecular weight is 769 g/mol. The molecule has 0 aliphatic carbocycles. The molecule has 1 aliphatic rings. The summed E-state index contributed by atoms with van der Waals surface area (Å²) in [7, 11) is 0. The van der Waals surface area contributed by atoms with Crippen LogP contribution >= 0.6 is 22.6 Å². The summed E-state index contributed by atoms with van der Waals surface area (Å²) in [5.41, 5.74) is 4.23. The molecular weight excluding hydrogens is 734 g/mol. The third kappa shape index (κ3) is 6.94. The van der Waals surface area contributed by atoms with E-state index >= 15 is 0 Å². The van der Waals surface area contributed by atoms with E-state index in [-0.39, 0.29) is 6.79 Å². The van der Waals surface area contributed by atoms with Crippen LogP contribution in [0.3, 0.4) is 0 Å². The Balaban J connectivity index is 1.09. The fourth-order valence-corrected chi connectivity index (χ4v) is 7.00. The molecule has 7 rings (SSSR count). The highest BCUT2D eigenvalue weighted by Crippen LogP contribution is 2.41. The molecule has 0 spiro atoms. The molecule has 8 nitrogen and oxygen atoms in total. The maximum absolute atomic E-state index is 14.3. The van der Waals surface area contributed by atoms with Crippen molar-refractivity contribution in [2.45, 2.75) is 24.5 Å². The van der Waals surface area contributed by atoms with Crippen LogP contribution in [0.1, 0.15) is 40.4 Å². The molecule has 0 saturated carbocycles. The van der Waals surface area contributed by atoms with Crippen molar-refractivity contribution in [2.75, 3.05) is 26.6 Å². The average Bonchev–Trinajstić information content (AvgIpc) is 3.80. The Hall–Kier alpha value is -4.65. The van der Waals surface area contributed by atoms with Gasteiger partial charge in [-0.3, -0.25) is 0 Å². The number of halogens is 2. The summed E-state index contributed by atoms with van der Waals surface area (Å²) in [5, 5.41) is 0. The Morgan fingerprint density at radius 3 is 2.04 bits per heavy atom. The quantitative estimate of drug-likeness (QED) is 0.0482. The van der Waals surface area contributed by atoms with E-state index in [2.05, 4.69) is 69.0 Å². The van der Waals surface area contributed by atoms with E-state index in [4.69, 9.17) is 23.9 Å². The first-order valence-corrected chi connectivity index (χ1v) is 17.2. The lowest BCUT2D eigenvalue weighted by molar-refractivity contribution is -0.000990. The second-order valence-corrected chi connectivity index (χ2v) is 12.6. The monoisotopic (exact) mass is 768 g/mol. The highest BCUT2D eigenvalue weighted by atomic mass is 127. The van der Waals surface area contributed by atoms with Gasteiger partial charge in [0.1, 0.15) is 34.9 Å². The Labute approximate surface area is 297 Å². The SMILES string of the molecule is Fc1ncc2nc(C(C3=COCO3)c3ccccc3I)n(CCOCCCOC(c3ccccc3)(c3ccccc3)c3ccccc3)c2n1. The second kappa shape index (κ2) is 15.3. The minimum Gasteiger partial charge on any atom is -0.462 e. The fraction of sp³-hybridized carbons (Fsp3) is 0.205. The van der Waals surface area contributed by atoms with Crippen LogP contribution in [-0.4, -0.2) is 46.1 Å². The Morgan fingerprint density at radius 1 is 0.796 bits per heavy atom. The molecule has 0 amide bonds. The number of fused-ring (bicyclic) bond motifs is 1. The lowest BCUT2D eigenvalue weighted by atomic mass is 9.80. The Morgan fingerprint density at radius 2 is 1.43 bits per heavy atom. The predicted octanol–water partition coefficient (Wildman–Crippen LogP) is 7.96. The van der Waals surface area contributed by atoms with Gasteiger partial charge in [-0.25, -0.2) is 9.97 Å². The molecule has 6 aromatic rings. The summed E-state index contributed by atoms with van der Waals surface area (Å²) < 4.78 is 41.6. The smallest absolute Gasteiger partial charge is 0.310 e. The maximum Gasteiger partial charge on any atom is 0.310 e. The van der Waals surface area contributed by atoms with Gasteiger partial charge in [0.25, 0.3) is 0 Å². The first-order chi connectivity index (χ1) is 24.1. The van der Waals surface area contributed by atoms with Gasteiger partial charge in [-0.05, 0) is 57.3 Å². The zero-order chi connectivity index (χ0) is 33.5. The van der Waals surface area contributed by atoms with Crippen LogP contribution in [0.4, 0.5) is 4.39 Å². The van der Waals surface area contributed by atoms with Gasteiger partial charge >= 0.3 is 6.08 Å². The van der Waals surface area contributed by atoms with Gasteiger partial charge in [-0.2, -0.15) is 9.37 Å². The van der Waals surface area contributed by atoms with Gasteiger partial charge in [0.05, 0.1) is 19.4 Å². The minimum atomic E-state index is -0.817. The Kier molecular flexibility index (Phi) is 10.2. The standard InChI is InChI=1S/C39H34FIN4O4/c40-38-42-25-33-36(44-38)45(37(43-33)35(34-26-47-27-48-34)31-19-10-11-20-32(31)41)21-24-46-22-12-23-49-39(28-13-4-1-5-14-28,29-15-6-2-7-16-29)30-17-8-3-9-18-30/h1-11,13-20,25-26,35H,12,21-24,27H2. The first-order valence-electron chi connectivity index (χ1n) is 16.1. The third-order valence-electron chi connectivity index (χ3n) is 8.49.